The molecule has 0 aliphatic rings. The summed E-state index contributed by atoms with van der Waals surface area (Å²) in [6, 6.07) is 8.38. The van der Waals surface area contributed by atoms with E-state index in [9.17, 15) is 0 Å². The number of aromatic nitrogens is 4. The number of aromatic amines is 3. The number of hydrogen-bond donors (Lipinski definition) is 3. The molecule has 2 aromatic heterocycles. The van der Waals surface area contributed by atoms with E-state index in [1.54, 1.807) is 0 Å². The van der Waals surface area contributed by atoms with Crippen LogP contribution in [-0.4, -0.2) is 20.2 Å². The van der Waals surface area contributed by atoms with Gasteiger partial charge in [0.05, 0.1) is 0 Å². The molecular weight excluding hydrogens is 244 g/mol. The first kappa shape index (κ1) is 11.2. The molecule has 0 unspecified atom stereocenters. The monoisotopic (exact) mass is 258 g/mol. The fourth-order valence-corrected chi connectivity index (χ4v) is 2.37. The minimum atomic E-state index is 0.525. The van der Waals surface area contributed by atoms with Crippen molar-refractivity contribution in [3.05, 3.63) is 46.6 Å². The van der Waals surface area contributed by atoms with E-state index < -0.39 is 0 Å². The van der Waals surface area contributed by atoms with E-state index in [2.05, 4.69) is 44.6 Å². The van der Waals surface area contributed by atoms with Crippen LogP contribution in [-0.2, 0) is 12.8 Å². The predicted octanol–water partition coefficient (Wildman–Crippen LogP) is 3.12. The van der Waals surface area contributed by atoms with E-state index in [4.69, 9.17) is 12.2 Å². The van der Waals surface area contributed by atoms with Crippen molar-refractivity contribution in [1.82, 2.24) is 20.2 Å². The average Bonchev–Trinajstić information content (AvgIpc) is 2.97. The molecule has 2 heterocycles. The number of benzene rings is 1. The number of fused-ring (bicyclic) bond motifs is 1. The van der Waals surface area contributed by atoms with Gasteiger partial charge in [0.1, 0.15) is 5.82 Å². The first-order chi connectivity index (χ1) is 8.83. The highest BCUT2D eigenvalue weighted by atomic mass is 32.1. The van der Waals surface area contributed by atoms with Crippen molar-refractivity contribution in [2.75, 3.05) is 0 Å². The van der Waals surface area contributed by atoms with Gasteiger partial charge >= 0.3 is 0 Å². The molecule has 18 heavy (non-hydrogen) atoms. The van der Waals surface area contributed by atoms with Gasteiger partial charge in [-0.2, -0.15) is 0 Å². The molecular formula is C13H14N4S. The Morgan fingerprint density at radius 2 is 2.00 bits per heavy atom. The number of nitrogens with zero attached hydrogens (tertiary/aromatic N) is 1. The Morgan fingerprint density at radius 3 is 2.83 bits per heavy atom. The lowest BCUT2D eigenvalue weighted by Gasteiger charge is -1.98. The second kappa shape index (κ2) is 4.78. The predicted molar refractivity (Wildman–Crippen MR) is 74.1 cm³/mol. The standard InChI is InChI=1S/C13H14N4S/c18-13-15-12(16-17-13)7-3-4-9-8-14-11-6-2-1-5-10(9)11/h1-2,5-6,8,14H,3-4,7H2,(H2,15,16,17,18). The highest BCUT2D eigenvalue weighted by Gasteiger charge is 2.03. The minimum absolute atomic E-state index is 0.525. The van der Waals surface area contributed by atoms with Crippen LogP contribution < -0.4 is 0 Å². The van der Waals surface area contributed by atoms with Gasteiger partial charge < -0.3 is 4.98 Å². The SMILES string of the molecule is S=c1nc(CCCc2c[nH]c3ccccc23)[nH][nH]1. The quantitative estimate of drug-likeness (QED) is 0.630. The summed E-state index contributed by atoms with van der Waals surface area (Å²) in [6.07, 6.45) is 5.10. The highest BCUT2D eigenvalue weighted by Crippen LogP contribution is 2.19. The summed E-state index contributed by atoms with van der Waals surface area (Å²) in [7, 11) is 0. The molecule has 0 aliphatic heterocycles. The van der Waals surface area contributed by atoms with Crippen molar-refractivity contribution in [3.8, 4) is 0 Å². The van der Waals surface area contributed by atoms with Gasteiger partial charge in [0.25, 0.3) is 0 Å². The summed E-state index contributed by atoms with van der Waals surface area (Å²) >= 11 is 4.92. The molecule has 0 spiro atoms. The van der Waals surface area contributed by atoms with Crippen LogP contribution >= 0.6 is 12.2 Å². The lowest BCUT2D eigenvalue weighted by Crippen LogP contribution is -1.91. The van der Waals surface area contributed by atoms with Gasteiger partial charge in [0.2, 0.25) is 4.77 Å². The van der Waals surface area contributed by atoms with Crippen LogP contribution in [0.15, 0.2) is 30.5 Å². The Hall–Kier alpha value is -1.88. The lowest BCUT2D eigenvalue weighted by atomic mass is 10.1. The van der Waals surface area contributed by atoms with Gasteiger partial charge in [-0.15, -0.1) is 0 Å². The normalized spacial score (nSPS) is 11.1. The van der Waals surface area contributed by atoms with E-state index in [1.165, 1.54) is 16.5 Å². The highest BCUT2D eigenvalue weighted by molar-refractivity contribution is 7.71. The third-order valence-corrected chi connectivity index (χ3v) is 3.28. The Balaban J connectivity index is 1.68. The number of nitrogens with one attached hydrogen (secondary N) is 3. The lowest BCUT2D eigenvalue weighted by molar-refractivity contribution is 0.778. The number of para-hydroxylation sites is 1. The van der Waals surface area contributed by atoms with E-state index in [-0.39, 0.29) is 0 Å². The smallest absolute Gasteiger partial charge is 0.213 e. The molecule has 0 bridgehead atoms. The van der Waals surface area contributed by atoms with Crippen LogP contribution in [0.2, 0.25) is 0 Å². The molecule has 3 aromatic rings. The molecule has 3 rings (SSSR count). The summed E-state index contributed by atoms with van der Waals surface area (Å²) in [4.78, 5) is 7.48. The third-order valence-electron chi connectivity index (χ3n) is 3.08. The van der Waals surface area contributed by atoms with Crippen molar-refractivity contribution >= 4 is 23.1 Å². The maximum absolute atomic E-state index is 4.92. The molecule has 5 heteroatoms. The summed E-state index contributed by atoms with van der Waals surface area (Å²) in [5.74, 6) is 0.930. The molecule has 1 aromatic carbocycles. The van der Waals surface area contributed by atoms with Gasteiger partial charge in [-0.3, -0.25) is 10.2 Å². The van der Waals surface area contributed by atoms with Crippen LogP contribution in [0.5, 0.6) is 0 Å². The number of hydrogen-bond acceptors (Lipinski definition) is 2. The fraction of sp³-hybridized carbons (Fsp3) is 0.231. The van der Waals surface area contributed by atoms with Gasteiger partial charge in [0.15, 0.2) is 0 Å². The molecule has 92 valence electrons. The average molecular weight is 258 g/mol. The zero-order valence-electron chi connectivity index (χ0n) is 9.86. The van der Waals surface area contributed by atoms with Gasteiger partial charge in [-0.05, 0) is 36.7 Å². The molecule has 0 atom stereocenters. The van der Waals surface area contributed by atoms with Crippen LogP contribution in [0.25, 0.3) is 10.9 Å². The number of aryl methyl sites for hydroxylation is 2. The first-order valence-corrected chi connectivity index (χ1v) is 6.42. The maximum atomic E-state index is 4.92. The summed E-state index contributed by atoms with van der Waals surface area (Å²) in [6.45, 7) is 0. The Morgan fingerprint density at radius 1 is 1.11 bits per heavy atom. The van der Waals surface area contributed by atoms with E-state index >= 15 is 0 Å². The summed E-state index contributed by atoms with van der Waals surface area (Å²) < 4.78 is 0.525. The largest absolute Gasteiger partial charge is 0.361 e. The molecule has 0 radical (unpaired) electrons. The molecule has 0 aliphatic carbocycles. The number of H-pyrrole nitrogens is 3. The van der Waals surface area contributed by atoms with Crippen molar-refractivity contribution in [2.45, 2.75) is 19.3 Å². The van der Waals surface area contributed by atoms with Crippen molar-refractivity contribution in [2.24, 2.45) is 0 Å². The van der Waals surface area contributed by atoms with Crippen LogP contribution in [0.1, 0.15) is 17.8 Å². The Kier molecular flexibility index (Phi) is 2.98. The number of rotatable bonds is 4. The van der Waals surface area contributed by atoms with Crippen LogP contribution in [0.4, 0.5) is 0 Å². The van der Waals surface area contributed by atoms with Crippen molar-refractivity contribution in [1.29, 1.82) is 0 Å². The van der Waals surface area contributed by atoms with Gasteiger partial charge in [-0.1, -0.05) is 18.2 Å². The molecule has 3 N–H and O–H groups in total. The molecule has 0 fully saturated rings. The summed E-state index contributed by atoms with van der Waals surface area (Å²) in [5.41, 5.74) is 2.56. The topological polar surface area (TPSA) is 60.3 Å². The third kappa shape index (κ3) is 2.22. The first-order valence-electron chi connectivity index (χ1n) is 6.01. The van der Waals surface area contributed by atoms with Crippen molar-refractivity contribution < 1.29 is 0 Å². The van der Waals surface area contributed by atoms with Gasteiger partial charge in [-0.25, -0.2) is 4.98 Å². The zero-order valence-corrected chi connectivity index (χ0v) is 10.7. The fourth-order valence-electron chi connectivity index (χ4n) is 2.21. The van der Waals surface area contributed by atoms with E-state index in [0.717, 1.165) is 25.1 Å². The molecule has 0 saturated heterocycles. The second-order valence-electron chi connectivity index (χ2n) is 4.33. The molecule has 0 saturated carbocycles. The zero-order chi connectivity index (χ0) is 12.4. The maximum Gasteiger partial charge on any atom is 0.213 e. The molecule has 4 nitrogen and oxygen atoms in total. The van der Waals surface area contributed by atoms with Crippen LogP contribution in [0, 0.1) is 4.77 Å². The van der Waals surface area contributed by atoms with E-state index in [1.807, 2.05) is 6.07 Å². The van der Waals surface area contributed by atoms with E-state index in [0.29, 0.717) is 4.77 Å². The Bertz CT molecular complexity index is 707. The van der Waals surface area contributed by atoms with Crippen molar-refractivity contribution in [3.63, 3.8) is 0 Å². The summed E-state index contributed by atoms with van der Waals surface area (Å²) in [5, 5.41) is 7.10. The van der Waals surface area contributed by atoms with Gasteiger partial charge in [0, 0.05) is 23.5 Å². The molecule has 0 amide bonds. The minimum Gasteiger partial charge on any atom is -0.361 e. The Labute approximate surface area is 109 Å². The van der Waals surface area contributed by atoms with Crippen LogP contribution in [0.3, 0.4) is 0 Å². The second-order valence-corrected chi connectivity index (χ2v) is 4.71.